The van der Waals surface area contributed by atoms with Crippen LogP contribution in [0.2, 0.25) is 20.4 Å². The van der Waals surface area contributed by atoms with Gasteiger partial charge in [-0.25, -0.2) is 26.8 Å². The van der Waals surface area contributed by atoms with Crippen LogP contribution in [0.4, 0.5) is 23.0 Å². The maximum atomic E-state index is 13.9. The first kappa shape index (κ1) is 56.5. The fraction of sp³-hybridized carbons (Fsp3) is 0.458. The second-order valence-corrected chi connectivity index (χ2v) is 23.9. The van der Waals surface area contributed by atoms with Gasteiger partial charge < -0.3 is 29.5 Å². The van der Waals surface area contributed by atoms with Crippen LogP contribution in [-0.2, 0) is 29.5 Å². The highest BCUT2D eigenvalue weighted by molar-refractivity contribution is 7.92. The molecule has 404 valence electrons. The number of ether oxygens (including phenoxy) is 2. The Balaban J connectivity index is 0.000000167. The number of carbonyl (C=O) groups is 2. The largest absolute Gasteiger partial charge is 0.378 e. The number of amides is 1. The fourth-order valence-electron chi connectivity index (χ4n) is 9.31. The first-order valence-corrected chi connectivity index (χ1v) is 30.0. The number of benzene rings is 2. The van der Waals surface area contributed by atoms with Crippen LogP contribution in [0.3, 0.4) is 0 Å². The lowest BCUT2D eigenvalue weighted by Crippen LogP contribution is -2.37. The van der Waals surface area contributed by atoms with Crippen LogP contribution in [0.5, 0.6) is 0 Å². The highest BCUT2D eigenvalue weighted by Crippen LogP contribution is 2.35. The van der Waals surface area contributed by atoms with E-state index in [0.717, 1.165) is 94.0 Å². The number of likely N-dealkylation sites (tertiary alicyclic amines) is 1. The third kappa shape index (κ3) is 15.1. The van der Waals surface area contributed by atoms with E-state index < -0.39 is 25.3 Å². The first-order chi connectivity index (χ1) is 35.8. The summed E-state index contributed by atoms with van der Waals surface area (Å²) < 4.78 is 65.1. The predicted octanol–water partition coefficient (Wildman–Crippen LogP) is 8.52. The van der Waals surface area contributed by atoms with Crippen LogP contribution < -0.4 is 24.6 Å². The molecule has 2 aromatic carbocycles. The molecule has 0 bridgehead atoms. The number of halogens is 5. The normalized spacial score (nSPS) is 18.8. The van der Waals surface area contributed by atoms with Gasteiger partial charge in [-0.2, -0.15) is 19.2 Å². The highest BCUT2D eigenvalue weighted by atomic mass is 35.5. The molecule has 4 aliphatic rings. The van der Waals surface area contributed by atoms with Crippen molar-refractivity contribution in [3.05, 3.63) is 104 Å². The number of aromatic nitrogens is 6. The molecule has 20 nitrogen and oxygen atoms in total. The standard InChI is InChI=1S/C24H28Cl2N6O4S.C16H22ClN5O.C8H7Cl2NO3S/c1-37(34,35)29-18-7-6-16(25)13-17(18)24(33)31-8-4-2-3-5-20(31)19-14-22-27-21(26)15-23(32(22)28-19)30-9-11-36-12-10-30;17-14-11-16(21-6-8-23-9-7-21)22-15(19-14)10-13(20-22)12-4-2-1-3-5-18-12;1-15(13,14)11-7-3-2-5(9)4-6(7)8(10)12/h6-7,13-15,20,29H,2-5,8-12H2,1H3;10-12,18H,1-9H2;2-4,11H,1H3. The monoisotopic (exact) mass is 1170 g/mol. The summed E-state index contributed by atoms with van der Waals surface area (Å²) in [6.07, 6.45) is 10.4. The Morgan fingerprint density at radius 3 is 1.65 bits per heavy atom. The van der Waals surface area contributed by atoms with Crippen molar-refractivity contribution in [2.75, 3.05) is 97.5 Å². The zero-order valence-corrected chi connectivity index (χ0v) is 46.6. The smallest absolute Gasteiger partial charge is 0.256 e. The fourth-order valence-corrected chi connectivity index (χ4v) is 11.3. The van der Waals surface area contributed by atoms with Gasteiger partial charge in [-0.05, 0) is 80.2 Å². The van der Waals surface area contributed by atoms with Crippen molar-refractivity contribution in [3.63, 3.8) is 0 Å². The number of sulfonamides is 2. The Morgan fingerprint density at radius 1 is 0.613 bits per heavy atom. The van der Waals surface area contributed by atoms with Gasteiger partial charge in [0.15, 0.2) is 11.3 Å². The van der Waals surface area contributed by atoms with Crippen molar-refractivity contribution in [1.82, 2.24) is 39.4 Å². The van der Waals surface area contributed by atoms with E-state index in [1.165, 1.54) is 49.6 Å². The average molecular weight is 1170 g/mol. The van der Waals surface area contributed by atoms with Gasteiger partial charge in [-0.15, -0.1) is 0 Å². The Labute approximate surface area is 460 Å². The number of fused-ring (bicyclic) bond motifs is 2. The molecule has 4 aliphatic heterocycles. The molecule has 0 aliphatic carbocycles. The van der Waals surface area contributed by atoms with Crippen LogP contribution >= 0.6 is 58.0 Å². The Hall–Kier alpha value is -4.75. The van der Waals surface area contributed by atoms with Gasteiger partial charge >= 0.3 is 0 Å². The van der Waals surface area contributed by atoms with Crippen molar-refractivity contribution in [3.8, 4) is 0 Å². The molecule has 0 saturated carbocycles. The van der Waals surface area contributed by atoms with E-state index in [9.17, 15) is 26.4 Å². The van der Waals surface area contributed by atoms with Gasteiger partial charge in [0, 0.05) is 67.0 Å². The van der Waals surface area contributed by atoms with Gasteiger partial charge in [0.1, 0.15) is 21.9 Å². The zero-order chi connectivity index (χ0) is 53.4. The SMILES string of the molecule is CS(=O)(=O)Nc1ccc(Cl)cc1C(=O)Cl.CS(=O)(=O)Nc1ccc(Cl)cc1C(=O)N1CCCCCC1c1cc2nc(Cl)cc(N3CCOCC3)n2n1.Clc1cc(N2CCOCC2)n2nc(C3CCCCCN3)cc2n1. The molecule has 2 atom stereocenters. The van der Waals surface area contributed by atoms with E-state index in [4.69, 9.17) is 77.7 Å². The number of carbonyl (C=O) groups excluding carboxylic acids is 2. The van der Waals surface area contributed by atoms with Crippen molar-refractivity contribution in [2.24, 2.45) is 0 Å². The van der Waals surface area contributed by atoms with E-state index in [1.54, 1.807) is 21.5 Å². The van der Waals surface area contributed by atoms with Crippen molar-refractivity contribution in [1.29, 1.82) is 0 Å². The van der Waals surface area contributed by atoms with Crippen LogP contribution in [-0.4, -0.2) is 140 Å². The molecule has 8 heterocycles. The molecule has 4 aromatic heterocycles. The molecular formula is C48H57Cl5N12O8S2. The molecular weight excluding hydrogens is 1110 g/mol. The van der Waals surface area contributed by atoms with E-state index in [1.807, 2.05) is 16.6 Å². The summed E-state index contributed by atoms with van der Waals surface area (Å²) in [6, 6.07) is 16.3. The minimum absolute atomic E-state index is 0.0228. The summed E-state index contributed by atoms with van der Waals surface area (Å²) in [5.41, 5.74) is 3.72. The van der Waals surface area contributed by atoms with Gasteiger partial charge in [0.25, 0.3) is 11.1 Å². The van der Waals surface area contributed by atoms with E-state index >= 15 is 0 Å². The molecule has 3 N–H and O–H groups in total. The second kappa shape index (κ2) is 25.2. The summed E-state index contributed by atoms with van der Waals surface area (Å²) in [6.45, 7) is 7.40. The molecule has 0 spiro atoms. The Kier molecular flexibility index (Phi) is 18.9. The quantitative estimate of drug-likeness (QED) is 0.0863. The number of hydrogen-bond donors (Lipinski definition) is 3. The summed E-state index contributed by atoms with van der Waals surface area (Å²) in [7, 11) is -7.05. The Morgan fingerprint density at radius 2 is 1.11 bits per heavy atom. The molecule has 4 saturated heterocycles. The molecule has 4 fully saturated rings. The van der Waals surface area contributed by atoms with Crippen LogP contribution in [0.15, 0.2) is 60.7 Å². The van der Waals surface area contributed by atoms with Crippen molar-refractivity contribution >= 4 is 124 Å². The van der Waals surface area contributed by atoms with E-state index in [2.05, 4.69) is 40.6 Å². The number of rotatable bonds is 10. The minimum Gasteiger partial charge on any atom is -0.378 e. The molecule has 10 rings (SSSR count). The lowest BCUT2D eigenvalue weighted by Gasteiger charge is -2.30. The van der Waals surface area contributed by atoms with Gasteiger partial charge in [0.2, 0.25) is 20.0 Å². The van der Waals surface area contributed by atoms with Gasteiger partial charge in [-0.3, -0.25) is 19.0 Å². The second-order valence-electron chi connectivity index (χ2n) is 18.4. The molecule has 2 unspecified atom stereocenters. The Bertz CT molecular complexity index is 3240. The van der Waals surface area contributed by atoms with Gasteiger partial charge in [-0.1, -0.05) is 72.1 Å². The molecule has 1 amide bonds. The van der Waals surface area contributed by atoms with E-state index in [0.29, 0.717) is 77.0 Å². The maximum Gasteiger partial charge on any atom is 0.256 e. The molecule has 6 aromatic rings. The number of nitrogens with zero attached hydrogens (tertiary/aromatic N) is 9. The number of nitrogens with one attached hydrogen (secondary N) is 3. The third-order valence-electron chi connectivity index (χ3n) is 12.7. The number of hydrogen-bond acceptors (Lipinski definition) is 15. The number of morpholine rings is 2. The lowest BCUT2D eigenvalue weighted by atomic mass is 10.0. The first-order valence-electron chi connectivity index (χ1n) is 24.4. The number of anilines is 4. The van der Waals surface area contributed by atoms with Crippen LogP contribution in [0.25, 0.3) is 11.3 Å². The molecule has 75 heavy (non-hydrogen) atoms. The molecule has 0 radical (unpaired) electrons. The third-order valence-corrected chi connectivity index (χ3v) is 15.0. The van der Waals surface area contributed by atoms with Gasteiger partial charge in [0.05, 0.1) is 84.9 Å². The van der Waals surface area contributed by atoms with E-state index in [-0.39, 0.29) is 34.5 Å². The summed E-state index contributed by atoms with van der Waals surface area (Å²) in [4.78, 5) is 40.0. The predicted molar refractivity (Wildman–Crippen MR) is 294 cm³/mol. The summed E-state index contributed by atoms with van der Waals surface area (Å²) >= 11 is 29.7. The van der Waals surface area contributed by atoms with Crippen molar-refractivity contribution in [2.45, 2.75) is 63.5 Å². The van der Waals surface area contributed by atoms with Crippen LogP contribution in [0.1, 0.15) is 95.6 Å². The highest BCUT2D eigenvalue weighted by Gasteiger charge is 2.32. The average Bonchev–Trinajstić information content (AvgIpc) is 3.77. The maximum absolute atomic E-state index is 13.9. The molecule has 27 heteroatoms. The zero-order valence-electron chi connectivity index (χ0n) is 41.2. The van der Waals surface area contributed by atoms with Crippen LogP contribution in [0, 0.1) is 0 Å². The minimum atomic E-state index is -3.60. The lowest BCUT2D eigenvalue weighted by molar-refractivity contribution is 0.0677. The topological polar surface area (TPSA) is 227 Å². The summed E-state index contributed by atoms with van der Waals surface area (Å²) in [5.74, 6) is 1.52. The summed E-state index contributed by atoms with van der Waals surface area (Å²) in [5, 5.41) is 14.1. The van der Waals surface area contributed by atoms with Crippen molar-refractivity contribution < 1.29 is 35.9 Å².